The van der Waals surface area contributed by atoms with E-state index in [0.717, 1.165) is 5.75 Å². The largest absolute Gasteiger partial charge is 0.497 e. The second-order valence-electron chi connectivity index (χ2n) is 5.58. The minimum Gasteiger partial charge on any atom is -0.497 e. The molecule has 1 aromatic carbocycles. The van der Waals surface area contributed by atoms with Crippen molar-refractivity contribution in [3.63, 3.8) is 0 Å². The first-order chi connectivity index (χ1) is 8.72. The van der Waals surface area contributed by atoms with Crippen LogP contribution in [0.3, 0.4) is 0 Å². The van der Waals surface area contributed by atoms with E-state index >= 15 is 0 Å². The predicted molar refractivity (Wildman–Crippen MR) is 74.1 cm³/mol. The highest BCUT2D eigenvalue weighted by Crippen LogP contribution is 2.45. The molecule has 0 aromatic heterocycles. The quantitative estimate of drug-likeness (QED) is 0.828. The van der Waals surface area contributed by atoms with Crippen molar-refractivity contribution >= 4 is 5.69 Å². The van der Waals surface area contributed by atoms with Crippen LogP contribution in [-0.4, -0.2) is 20.2 Å². The monoisotopic (exact) mass is 246 g/mol. The van der Waals surface area contributed by atoms with Gasteiger partial charge in [0.2, 0.25) is 0 Å². The van der Waals surface area contributed by atoms with E-state index in [1.54, 1.807) is 7.11 Å². The van der Waals surface area contributed by atoms with E-state index in [0.29, 0.717) is 12.0 Å². The molecule has 3 unspecified atom stereocenters. The lowest BCUT2D eigenvalue weighted by molar-refractivity contribution is 0.246. The lowest BCUT2D eigenvalue weighted by Gasteiger charge is -2.47. The Morgan fingerprint density at radius 2 is 2.06 bits per heavy atom. The Kier molecular flexibility index (Phi) is 2.94. The molecule has 2 N–H and O–H groups in total. The van der Waals surface area contributed by atoms with Crippen LogP contribution < -0.4 is 15.4 Å². The van der Waals surface area contributed by atoms with Gasteiger partial charge in [-0.25, -0.2) is 0 Å². The Labute approximate surface area is 109 Å². The standard InChI is InChI=1S/C15H22N2O/c1-17-13-6-4-3-5-11(13)15(16)12-8-7-10(18-2)9-14(12)17/h7-9,11,13,15H,3-6,16H2,1-2H3. The first-order valence-corrected chi connectivity index (χ1v) is 6.88. The number of methoxy groups -OCH3 is 1. The molecule has 1 aromatic rings. The van der Waals surface area contributed by atoms with Gasteiger partial charge >= 0.3 is 0 Å². The van der Waals surface area contributed by atoms with Gasteiger partial charge in [0.05, 0.1) is 7.11 Å². The molecule has 2 aliphatic rings. The van der Waals surface area contributed by atoms with Crippen LogP contribution in [0.4, 0.5) is 5.69 Å². The molecule has 0 bridgehead atoms. The second kappa shape index (κ2) is 4.47. The fourth-order valence-corrected chi connectivity index (χ4v) is 3.69. The summed E-state index contributed by atoms with van der Waals surface area (Å²) in [5, 5.41) is 0. The Hall–Kier alpha value is -1.22. The summed E-state index contributed by atoms with van der Waals surface area (Å²) in [5.74, 6) is 1.53. The summed E-state index contributed by atoms with van der Waals surface area (Å²) >= 11 is 0. The zero-order chi connectivity index (χ0) is 12.7. The summed E-state index contributed by atoms with van der Waals surface area (Å²) in [7, 11) is 3.92. The number of fused-ring (bicyclic) bond motifs is 2. The maximum Gasteiger partial charge on any atom is 0.120 e. The van der Waals surface area contributed by atoms with Crippen LogP contribution in [0.25, 0.3) is 0 Å². The summed E-state index contributed by atoms with van der Waals surface area (Å²) in [6.45, 7) is 0. The molecule has 1 aliphatic heterocycles. The van der Waals surface area contributed by atoms with Crippen molar-refractivity contribution in [1.82, 2.24) is 0 Å². The van der Waals surface area contributed by atoms with Gasteiger partial charge in [-0.3, -0.25) is 0 Å². The minimum absolute atomic E-state index is 0.187. The highest BCUT2D eigenvalue weighted by atomic mass is 16.5. The topological polar surface area (TPSA) is 38.5 Å². The number of ether oxygens (including phenoxy) is 1. The van der Waals surface area contributed by atoms with Crippen LogP contribution in [0, 0.1) is 5.92 Å². The van der Waals surface area contributed by atoms with Gasteiger partial charge in [0, 0.05) is 30.9 Å². The van der Waals surface area contributed by atoms with E-state index in [4.69, 9.17) is 10.5 Å². The smallest absolute Gasteiger partial charge is 0.120 e. The molecule has 0 radical (unpaired) electrons. The molecule has 0 saturated heterocycles. The van der Waals surface area contributed by atoms with Gasteiger partial charge in [0.25, 0.3) is 0 Å². The summed E-state index contributed by atoms with van der Waals surface area (Å²) in [6.07, 6.45) is 5.19. The van der Waals surface area contributed by atoms with E-state index in [1.165, 1.54) is 36.9 Å². The average Bonchev–Trinajstić information content (AvgIpc) is 2.44. The third-order valence-electron chi connectivity index (χ3n) is 4.72. The molecule has 3 atom stereocenters. The third kappa shape index (κ3) is 1.69. The van der Waals surface area contributed by atoms with Crippen LogP contribution in [0.15, 0.2) is 18.2 Å². The van der Waals surface area contributed by atoms with Crippen molar-refractivity contribution in [1.29, 1.82) is 0 Å². The van der Waals surface area contributed by atoms with E-state index < -0.39 is 0 Å². The molecule has 3 rings (SSSR count). The van der Waals surface area contributed by atoms with E-state index in [1.807, 2.05) is 6.07 Å². The average molecular weight is 246 g/mol. The summed E-state index contributed by atoms with van der Waals surface area (Å²) in [6, 6.07) is 7.08. The number of hydrogen-bond donors (Lipinski definition) is 1. The minimum atomic E-state index is 0.187. The zero-order valence-electron chi connectivity index (χ0n) is 11.2. The summed E-state index contributed by atoms with van der Waals surface area (Å²) in [5.41, 5.74) is 9.02. The van der Waals surface area contributed by atoms with Crippen molar-refractivity contribution in [2.75, 3.05) is 19.1 Å². The van der Waals surface area contributed by atoms with Crippen LogP contribution in [0.1, 0.15) is 37.3 Å². The fourth-order valence-electron chi connectivity index (χ4n) is 3.69. The van der Waals surface area contributed by atoms with E-state index in [2.05, 4.69) is 24.1 Å². The predicted octanol–water partition coefficient (Wildman–Crippen LogP) is 2.70. The first-order valence-electron chi connectivity index (χ1n) is 6.88. The van der Waals surface area contributed by atoms with Gasteiger partial charge in [-0.2, -0.15) is 0 Å². The van der Waals surface area contributed by atoms with Gasteiger partial charge in [-0.15, -0.1) is 0 Å². The van der Waals surface area contributed by atoms with Crippen LogP contribution >= 0.6 is 0 Å². The van der Waals surface area contributed by atoms with Crippen molar-refractivity contribution < 1.29 is 4.74 Å². The van der Waals surface area contributed by atoms with Gasteiger partial charge in [-0.05, 0) is 30.4 Å². The van der Waals surface area contributed by atoms with Gasteiger partial charge in [0.1, 0.15) is 5.75 Å². The lowest BCUT2D eigenvalue weighted by Crippen LogP contribution is -2.48. The SMILES string of the molecule is COc1ccc2c(c1)N(C)C1CCCCC1C2N. The van der Waals surface area contributed by atoms with Crippen LogP contribution in [-0.2, 0) is 0 Å². The highest BCUT2D eigenvalue weighted by molar-refractivity contribution is 5.61. The van der Waals surface area contributed by atoms with Crippen molar-refractivity contribution in [3.05, 3.63) is 23.8 Å². The zero-order valence-corrected chi connectivity index (χ0v) is 11.2. The number of nitrogens with zero attached hydrogens (tertiary/aromatic N) is 1. The Bertz CT molecular complexity index is 446. The van der Waals surface area contributed by atoms with E-state index in [9.17, 15) is 0 Å². The Morgan fingerprint density at radius 1 is 1.28 bits per heavy atom. The number of nitrogens with two attached hydrogens (primary N) is 1. The summed E-state index contributed by atoms with van der Waals surface area (Å²) < 4.78 is 5.33. The molecule has 18 heavy (non-hydrogen) atoms. The Balaban J connectivity index is 2.04. The molecule has 0 amide bonds. The number of anilines is 1. The van der Waals surface area contributed by atoms with Crippen molar-refractivity contribution in [2.24, 2.45) is 11.7 Å². The maximum atomic E-state index is 6.49. The fraction of sp³-hybridized carbons (Fsp3) is 0.600. The van der Waals surface area contributed by atoms with Crippen molar-refractivity contribution in [3.8, 4) is 5.75 Å². The molecule has 0 spiro atoms. The molecule has 3 nitrogen and oxygen atoms in total. The summed E-state index contributed by atoms with van der Waals surface area (Å²) in [4.78, 5) is 2.42. The normalized spacial score (nSPS) is 30.6. The molecule has 1 saturated carbocycles. The third-order valence-corrected chi connectivity index (χ3v) is 4.72. The number of hydrogen-bond acceptors (Lipinski definition) is 3. The van der Waals surface area contributed by atoms with Gasteiger partial charge < -0.3 is 15.4 Å². The molecular weight excluding hydrogens is 224 g/mol. The van der Waals surface area contributed by atoms with Gasteiger partial charge in [0.15, 0.2) is 0 Å². The first kappa shape index (κ1) is 11.8. The highest BCUT2D eigenvalue weighted by Gasteiger charge is 2.39. The molecule has 1 heterocycles. The van der Waals surface area contributed by atoms with Crippen LogP contribution in [0.5, 0.6) is 5.75 Å². The molecular formula is C15H22N2O. The van der Waals surface area contributed by atoms with Crippen LogP contribution in [0.2, 0.25) is 0 Å². The molecule has 1 aliphatic carbocycles. The molecule has 1 fully saturated rings. The van der Waals surface area contributed by atoms with E-state index in [-0.39, 0.29) is 6.04 Å². The number of rotatable bonds is 1. The Morgan fingerprint density at radius 3 is 2.83 bits per heavy atom. The second-order valence-corrected chi connectivity index (χ2v) is 5.58. The molecule has 3 heteroatoms. The number of benzene rings is 1. The van der Waals surface area contributed by atoms with Crippen molar-refractivity contribution in [2.45, 2.75) is 37.8 Å². The lowest BCUT2D eigenvalue weighted by atomic mass is 9.74. The van der Waals surface area contributed by atoms with Gasteiger partial charge in [-0.1, -0.05) is 18.9 Å². The molecule has 98 valence electrons. The maximum absolute atomic E-state index is 6.49.